The van der Waals surface area contributed by atoms with E-state index in [2.05, 4.69) is 20.4 Å². The number of carbonyl (C=O) groups is 2. The molecular weight excluding hydrogens is 438 g/mol. The molecule has 2 aliphatic rings. The van der Waals surface area contributed by atoms with Gasteiger partial charge in [-0.25, -0.2) is 10.0 Å². The molecule has 8 nitrogen and oxygen atoms in total. The van der Waals surface area contributed by atoms with Crippen molar-refractivity contribution in [1.82, 2.24) is 0 Å². The summed E-state index contributed by atoms with van der Waals surface area (Å²) in [5, 5.41) is 11.1. The first-order valence-corrected chi connectivity index (χ1v) is 11.2. The number of hydrazone groups is 1. The summed E-state index contributed by atoms with van der Waals surface area (Å²) < 4.78 is 5.41. The number of nitrogens with zero attached hydrogens (tertiary/aromatic N) is 4. The van der Waals surface area contributed by atoms with E-state index in [4.69, 9.17) is 4.74 Å². The summed E-state index contributed by atoms with van der Waals surface area (Å²) in [4.78, 5) is 33.8. The van der Waals surface area contributed by atoms with Gasteiger partial charge in [0.05, 0.1) is 12.9 Å². The maximum absolute atomic E-state index is 12.6. The molecular formula is C24H19N5O3S. The zero-order chi connectivity index (χ0) is 22.8. The number of ether oxygens (including phenoxy) is 1. The van der Waals surface area contributed by atoms with Gasteiger partial charge in [-0.3, -0.25) is 9.59 Å². The first kappa shape index (κ1) is 20.9. The van der Waals surface area contributed by atoms with Gasteiger partial charge < -0.3 is 10.1 Å². The van der Waals surface area contributed by atoms with E-state index in [1.807, 2.05) is 66.7 Å². The molecule has 0 spiro atoms. The molecule has 1 unspecified atom stereocenters. The van der Waals surface area contributed by atoms with E-state index >= 15 is 0 Å². The topological polar surface area (TPSA) is 95.7 Å². The van der Waals surface area contributed by atoms with E-state index in [1.54, 1.807) is 12.1 Å². The van der Waals surface area contributed by atoms with Gasteiger partial charge in [-0.15, -0.1) is 0 Å². The van der Waals surface area contributed by atoms with E-state index in [-0.39, 0.29) is 22.7 Å². The van der Waals surface area contributed by atoms with Crippen molar-refractivity contribution in [2.45, 2.75) is 0 Å². The quantitative estimate of drug-likeness (QED) is 0.626. The van der Waals surface area contributed by atoms with Crippen molar-refractivity contribution in [3.8, 4) is 5.75 Å². The fourth-order valence-electron chi connectivity index (χ4n) is 3.67. The van der Waals surface area contributed by atoms with Crippen molar-refractivity contribution < 1.29 is 14.3 Å². The molecule has 0 aromatic heterocycles. The van der Waals surface area contributed by atoms with Crippen LogP contribution in [0.5, 0.6) is 5.75 Å². The van der Waals surface area contributed by atoms with Crippen molar-refractivity contribution in [3.63, 3.8) is 0 Å². The molecule has 2 amide bonds. The second-order valence-corrected chi connectivity index (χ2v) is 8.23. The summed E-state index contributed by atoms with van der Waals surface area (Å²) in [6.07, 6.45) is 1.52. The van der Waals surface area contributed by atoms with Crippen LogP contribution in [-0.2, 0) is 9.59 Å². The number of rotatable bonds is 5. The minimum atomic E-state index is -0.649. The van der Waals surface area contributed by atoms with Gasteiger partial charge in [0.25, 0.3) is 5.91 Å². The van der Waals surface area contributed by atoms with Gasteiger partial charge in [-0.05, 0) is 23.6 Å². The van der Waals surface area contributed by atoms with Crippen LogP contribution >= 0.6 is 11.8 Å². The lowest BCUT2D eigenvalue weighted by atomic mass is 10.1. The van der Waals surface area contributed by atoms with Gasteiger partial charge in [0.1, 0.15) is 17.4 Å². The smallest absolute Gasteiger partial charge is 0.264 e. The zero-order valence-corrected chi connectivity index (χ0v) is 18.5. The number of nitrogens with one attached hydrogen (secondary N) is 1. The minimum Gasteiger partial charge on any atom is -0.494 e. The number of amides is 2. The third-order valence-corrected chi connectivity index (χ3v) is 6.07. The Balaban J connectivity index is 1.31. The van der Waals surface area contributed by atoms with Crippen molar-refractivity contribution in [2.24, 2.45) is 21.0 Å². The van der Waals surface area contributed by atoms with Crippen LogP contribution in [0.15, 0.2) is 81.8 Å². The number of methoxy groups -OCH3 is 1. The Labute approximate surface area is 194 Å². The lowest BCUT2D eigenvalue weighted by Crippen LogP contribution is -2.34. The van der Waals surface area contributed by atoms with Crippen molar-refractivity contribution in [1.29, 1.82) is 0 Å². The van der Waals surface area contributed by atoms with Crippen LogP contribution in [0.4, 0.5) is 11.4 Å². The average Bonchev–Trinajstić information content (AvgIpc) is 3.27. The van der Waals surface area contributed by atoms with E-state index in [9.17, 15) is 9.59 Å². The maximum Gasteiger partial charge on any atom is 0.264 e. The number of amidine groups is 2. The van der Waals surface area contributed by atoms with Gasteiger partial charge in [0, 0.05) is 17.3 Å². The van der Waals surface area contributed by atoms with E-state index < -0.39 is 5.92 Å². The Morgan fingerprint density at radius 3 is 2.73 bits per heavy atom. The molecule has 2 heterocycles. The predicted molar refractivity (Wildman–Crippen MR) is 132 cm³/mol. The first-order chi connectivity index (χ1) is 16.1. The van der Waals surface area contributed by atoms with Crippen LogP contribution in [0.2, 0.25) is 0 Å². The minimum absolute atomic E-state index is 0.0618. The normalized spacial score (nSPS) is 16.9. The third-order valence-electron chi connectivity index (χ3n) is 5.22. The van der Waals surface area contributed by atoms with E-state index in [0.717, 1.165) is 28.2 Å². The summed E-state index contributed by atoms with van der Waals surface area (Å²) in [6.45, 7) is 0. The van der Waals surface area contributed by atoms with Gasteiger partial charge in [-0.1, -0.05) is 60.3 Å². The van der Waals surface area contributed by atoms with Crippen molar-refractivity contribution in [2.75, 3.05) is 23.2 Å². The fraction of sp³-hybridized carbons (Fsp3) is 0.125. The molecule has 0 radical (unpaired) electrons. The van der Waals surface area contributed by atoms with Gasteiger partial charge >= 0.3 is 0 Å². The first-order valence-electron chi connectivity index (χ1n) is 10.2. The standard InChI is InChI=1S/C24H19N5O3S/c1-32-20-12-5-4-11-19(20)29-22-17(13-25-29)23(31)28-24(27-22)33-14-21(30)26-18-10-6-8-15-7-2-3-9-16(15)18/h2-13,17H,14H2,1H3,(H,26,30). The molecule has 3 aromatic rings. The van der Waals surface area contributed by atoms with Crippen LogP contribution in [0.1, 0.15) is 0 Å². The largest absolute Gasteiger partial charge is 0.494 e. The molecule has 33 heavy (non-hydrogen) atoms. The maximum atomic E-state index is 12.6. The molecule has 0 saturated heterocycles. The lowest BCUT2D eigenvalue weighted by molar-refractivity contribution is -0.118. The highest BCUT2D eigenvalue weighted by atomic mass is 32.2. The number of carbonyl (C=O) groups excluding carboxylic acids is 2. The summed E-state index contributed by atoms with van der Waals surface area (Å²) >= 11 is 1.11. The molecule has 1 N–H and O–H groups in total. The average molecular weight is 458 g/mol. The fourth-order valence-corrected chi connectivity index (χ4v) is 4.32. The monoisotopic (exact) mass is 457 g/mol. The number of para-hydroxylation sites is 2. The molecule has 0 saturated carbocycles. The number of hydrogen-bond acceptors (Lipinski definition) is 7. The van der Waals surface area contributed by atoms with Crippen LogP contribution in [0.3, 0.4) is 0 Å². The number of fused-ring (bicyclic) bond motifs is 2. The van der Waals surface area contributed by atoms with Gasteiger partial charge in [0.2, 0.25) is 5.91 Å². The summed E-state index contributed by atoms with van der Waals surface area (Å²) in [5.74, 6) is -0.111. The number of benzene rings is 3. The third kappa shape index (κ3) is 4.10. The Morgan fingerprint density at radius 1 is 1.06 bits per heavy atom. The lowest BCUT2D eigenvalue weighted by Gasteiger charge is -2.21. The van der Waals surface area contributed by atoms with Crippen LogP contribution in [0, 0.1) is 5.92 Å². The second kappa shape index (κ2) is 8.87. The SMILES string of the molecule is COc1ccccc1N1N=CC2C(=O)N=C(SCC(=O)Nc3cccc4ccccc34)N=C21. The number of aliphatic imine (C=N–C) groups is 2. The van der Waals surface area contributed by atoms with Crippen LogP contribution < -0.4 is 15.1 Å². The van der Waals surface area contributed by atoms with Crippen molar-refractivity contribution in [3.05, 3.63) is 66.7 Å². The van der Waals surface area contributed by atoms with Crippen LogP contribution in [-0.4, -0.2) is 41.9 Å². The molecule has 2 aliphatic heterocycles. The van der Waals surface area contributed by atoms with E-state index in [0.29, 0.717) is 17.3 Å². The molecule has 0 fully saturated rings. The van der Waals surface area contributed by atoms with E-state index in [1.165, 1.54) is 6.21 Å². The molecule has 164 valence electrons. The second-order valence-electron chi connectivity index (χ2n) is 7.29. The number of anilines is 2. The molecule has 3 aromatic carbocycles. The molecule has 5 rings (SSSR count). The molecule has 0 aliphatic carbocycles. The highest BCUT2D eigenvalue weighted by Crippen LogP contribution is 2.33. The molecule has 1 atom stereocenters. The number of hydrogen-bond donors (Lipinski definition) is 1. The number of thioether (sulfide) groups is 1. The van der Waals surface area contributed by atoms with Crippen LogP contribution in [0.25, 0.3) is 10.8 Å². The Kier molecular flexibility index (Phi) is 5.62. The predicted octanol–water partition coefficient (Wildman–Crippen LogP) is 3.94. The summed E-state index contributed by atoms with van der Waals surface area (Å²) in [5.41, 5.74) is 1.41. The Hall–Kier alpha value is -3.98. The molecule has 9 heteroatoms. The van der Waals surface area contributed by atoms with Gasteiger partial charge in [-0.2, -0.15) is 10.1 Å². The van der Waals surface area contributed by atoms with Crippen molar-refractivity contribution >= 4 is 62.9 Å². The zero-order valence-electron chi connectivity index (χ0n) is 17.6. The Morgan fingerprint density at radius 2 is 1.85 bits per heavy atom. The van der Waals surface area contributed by atoms with Gasteiger partial charge in [0.15, 0.2) is 11.0 Å². The highest BCUT2D eigenvalue weighted by Gasteiger charge is 2.37. The molecule has 0 bridgehead atoms. The highest BCUT2D eigenvalue weighted by molar-refractivity contribution is 8.14. The summed E-state index contributed by atoms with van der Waals surface area (Å²) in [6, 6.07) is 20.9. The summed E-state index contributed by atoms with van der Waals surface area (Å²) in [7, 11) is 1.57. The Bertz CT molecular complexity index is 1350.